The van der Waals surface area contributed by atoms with Gasteiger partial charge in [0.2, 0.25) is 0 Å². The summed E-state index contributed by atoms with van der Waals surface area (Å²) in [5.74, 6) is 0.854. The molecule has 0 atom stereocenters. The number of phenols is 2. The molecule has 1 aliphatic carbocycles. The largest absolute Gasteiger partial charge is 0.508 e. The number of aromatic hydroxyl groups is 2. The number of nitrogens with two attached hydrogens (primary N) is 2. The second-order valence-corrected chi connectivity index (χ2v) is 6.46. The molecule has 1 fully saturated rings. The van der Waals surface area contributed by atoms with Crippen molar-refractivity contribution in [2.75, 3.05) is 12.3 Å². The van der Waals surface area contributed by atoms with E-state index in [1.165, 1.54) is 18.2 Å². The van der Waals surface area contributed by atoms with Crippen LogP contribution in [-0.2, 0) is 0 Å². The van der Waals surface area contributed by atoms with Crippen LogP contribution >= 0.6 is 0 Å². The molecule has 1 heterocycles. The maximum atomic E-state index is 10.1. The minimum absolute atomic E-state index is 0.00987. The zero-order chi connectivity index (χ0) is 18.0. The van der Waals surface area contributed by atoms with E-state index in [1.54, 1.807) is 0 Å². The number of nitrogen functional groups attached to an aromatic ring is 1. The first-order chi connectivity index (χ1) is 12.0. The Morgan fingerprint density at radius 2 is 1.88 bits per heavy atom. The summed E-state index contributed by atoms with van der Waals surface area (Å²) in [7, 11) is 0. The topological polar surface area (TPSA) is 142 Å². The van der Waals surface area contributed by atoms with E-state index in [0.29, 0.717) is 23.7 Å². The number of anilines is 1. The van der Waals surface area contributed by atoms with Crippen molar-refractivity contribution in [3.8, 4) is 29.0 Å². The molecule has 0 radical (unpaired) electrons. The third kappa shape index (κ3) is 3.35. The summed E-state index contributed by atoms with van der Waals surface area (Å²) >= 11 is 0. The van der Waals surface area contributed by atoms with E-state index >= 15 is 0 Å². The fraction of sp³-hybridized carbons (Fsp3) is 0.389. The summed E-state index contributed by atoms with van der Waals surface area (Å²) in [6.45, 7) is 0.673. The average Bonchev–Trinajstić information content (AvgIpc) is 2.63. The van der Waals surface area contributed by atoms with Crippen LogP contribution in [0.1, 0.15) is 42.9 Å². The van der Waals surface area contributed by atoms with Crippen molar-refractivity contribution < 1.29 is 10.2 Å². The molecule has 3 rings (SSSR count). The molecule has 2 aromatic rings. The van der Waals surface area contributed by atoms with Gasteiger partial charge in [-0.3, -0.25) is 0 Å². The third-order valence-electron chi connectivity index (χ3n) is 4.86. The highest BCUT2D eigenvalue weighted by Gasteiger charge is 2.27. The first kappa shape index (κ1) is 17.0. The summed E-state index contributed by atoms with van der Waals surface area (Å²) in [5.41, 5.74) is 12.9. The minimum atomic E-state index is -0.0558. The van der Waals surface area contributed by atoms with Crippen molar-refractivity contribution in [1.82, 2.24) is 9.97 Å². The van der Waals surface area contributed by atoms with Crippen LogP contribution in [0.25, 0.3) is 11.4 Å². The first-order valence-electron chi connectivity index (χ1n) is 8.33. The van der Waals surface area contributed by atoms with Crippen LogP contribution in [0.3, 0.4) is 0 Å². The Hall–Kier alpha value is -2.85. The molecule has 130 valence electrons. The van der Waals surface area contributed by atoms with Crippen LogP contribution in [0.4, 0.5) is 5.82 Å². The van der Waals surface area contributed by atoms with E-state index in [1.807, 2.05) is 0 Å². The molecule has 7 nitrogen and oxygen atoms in total. The molecule has 7 heteroatoms. The van der Waals surface area contributed by atoms with E-state index in [0.717, 1.165) is 25.7 Å². The number of nitriles is 1. The van der Waals surface area contributed by atoms with Crippen LogP contribution in [0.5, 0.6) is 11.5 Å². The number of phenolic OH excluding ortho intramolecular Hbond substituents is 2. The SMILES string of the molecule is N#Cc1c(N)nc(-c2cc(O)ccc2O)nc1C1CCC(CN)CC1. The number of rotatable bonds is 3. The zero-order valence-electron chi connectivity index (χ0n) is 13.8. The molecule has 1 aliphatic rings. The van der Waals surface area contributed by atoms with Gasteiger partial charge in [0.05, 0.1) is 11.3 Å². The van der Waals surface area contributed by atoms with Crippen LogP contribution in [0, 0.1) is 17.2 Å². The lowest BCUT2D eigenvalue weighted by atomic mass is 9.79. The number of hydrogen-bond acceptors (Lipinski definition) is 7. The highest BCUT2D eigenvalue weighted by Crippen LogP contribution is 2.38. The summed E-state index contributed by atoms with van der Waals surface area (Å²) in [6, 6.07) is 6.23. The van der Waals surface area contributed by atoms with Gasteiger partial charge in [0.1, 0.15) is 28.9 Å². The summed E-state index contributed by atoms with van der Waals surface area (Å²) in [6.07, 6.45) is 3.75. The Morgan fingerprint density at radius 3 is 2.52 bits per heavy atom. The number of aromatic nitrogens is 2. The molecule has 1 saturated carbocycles. The van der Waals surface area contributed by atoms with Crippen LogP contribution < -0.4 is 11.5 Å². The number of benzene rings is 1. The Morgan fingerprint density at radius 1 is 1.16 bits per heavy atom. The molecule has 0 bridgehead atoms. The molecule has 0 spiro atoms. The molecule has 0 amide bonds. The van der Waals surface area contributed by atoms with Gasteiger partial charge in [0.15, 0.2) is 5.82 Å². The molecule has 0 aliphatic heterocycles. The van der Waals surface area contributed by atoms with E-state index in [2.05, 4.69) is 16.0 Å². The lowest BCUT2D eigenvalue weighted by Gasteiger charge is -2.28. The van der Waals surface area contributed by atoms with Gasteiger partial charge in [-0.15, -0.1) is 0 Å². The van der Waals surface area contributed by atoms with Gasteiger partial charge in [0, 0.05) is 5.92 Å². The quantitative estimate of drug-likeness (QED) is 0.628. The predicted molar refractivity (Wildman–Crippen MR) is 93.7 cm³/mol. The van der Waals surface area contributed by atoms with E-state index < -0.39 is 0 Å². The summed E-state index contributed by atoms with van der Waals surface area (Å²) in [5, 5.41) is 29.2. The Kier molecular flexibility index (Phi) is 4.72. The molecular weight excluding hydrogens is 318 g/mol. The molecule has 1 aromatic carbocycles. The second kappa shape index (κ2) is 6.95. The monoisotopic (exact) mass is 339 g/mol. The fourth-order valence-electron chi connectivity index (χ4n) is 3.40. The van der Waals surface area contributed by atoms with Crippen LogP contribution in [-0.4, -0.2) is 26.7 Å². The molecule has 1 aromatic heterocycles. The third-order valence-corrected chi connectivity index (χ3v) is 4.86. The lowest BCUT2D eigenvalue weighted by molar-refractivity contribution is 0.329. The molecule has 0 saturated heterocycles. The van der Waals surface area contributed by atoms with Crippen LogP contribution in [0.2, 0.25) is 0 Å². The molecule has 6 N–H and O–H groups in total. The Labute approximate surface area is 146 Å². The van der Waals surface area contributed by atoms with Crippen molar-refractivity contribution in [3.63, 3.8) is 0 Å². The first-order valence-corrected chi connectivity index (χ1v) is 8.33. The van der Waals surface area contributed by atoms with E-state index in [-0.39, 0.29) is 34.6 Å². The van der Waals surface area contributed by atoms with E-state index in [9.17, 15) is 15.5 Å². The predicted octanol–water partition coefficient (Wildman–Crippen LogP) is 2.24. The second-order valence-electron chi connectivity index (χ2n) is 6.46. The van der Waals surface area contributed by atoms with Gasteiger partial charge in [0.25, 0.3) is 0 Å². The van der Waals surface area contributed by atoms with Crippen LogP contribution in [0.15, 0.2) is 18.2 Å². The summed E-state index contributed by atoms with van der Waals surface area (Å²) in [4.78, 5) is 8.69. The maximum absolute atomic E-state index is 10.1. The number of hydrogen-bond donors (Lipinski definition) is 4. The van der Waals surface area contributed by atoms with Gasteiger partial charge in [-0.05, 0) is 56.3 Å². The van der Waals surface area contributed by atoms with E-state index in [4.69, 9.17) is 11.5 Å². The van der Waals surface area contributed by atoms with Gasteiger partial charge < -0.3 is 21.7 Å². The van der Waals surface area contributed by atoms with Crippen molar-refractivity contribution in [3.05, 3.63) is 29.5 Å². The van der Waals surface area contributed by atoms with Gasteiger partial charge in [-0.25, -0.2) is 9.97 Å². The normalized spacial score (nSPS) is 20.2. The average molecular weight is 339 g/mol. The van der Waals surface area contributed by atoms with Gasteiger partial charge in [-0.1, -0.05) is 0 Å². The van der Waals surface area contributed by atoms with Crippen molar-refractivity contribution >= 4 is 5.82 Å². The standard InChI is InChI=1S/C18H21N5O2/c19-8-10-1-3-11(4-2-10)16-14(9-20)17(21)23-18(22-16)13-7-12(24)5-6-15(13)25/h5-7,10-11,24-25H,1-4,8,19H2,(H2,21,22,23). The fourth-order valence-corrected chi connectivity index (χ4v) is 3.40. The molecule has 0 unspecified atom stereocenters. The lowest BCUT2D eigenvalue weighted by Crippen LogP contribution is -2.22. The molecular formula is C18H21N5O2. The smallest absolute Gasteiger partial charge is 0.165 e. The van der Waals surface area contributed by atoms with Crippen molar-refractivity contribution in [1.29, 1.82) is 5.26 Å². The zero-order valence-corrected chi connectivity index (χ0v) is 13.8. The summed E-state index contributed by atoms with van der Waals surface area (Å²) < 4.78 is 0. The Balaban J connectivity index is 2.05. The van der Waals surface area contributed by atoms with Crippen molar-refractivity contribution in [2.24, 2.45) is 11.7 Å². The highest BCUT2D eigenvalue weighted by atomic mass is 16.3. The molecule has 25 heavy (non-hydrogen) atoms. The minimum Gasteiger partial charge on any atom is -0.508 e. The maximum Gasteiger partial charge on any atom is 0.165 e. The van der Waals surface area contributed by atoms with Gasteiger partial charge >= 0.3 is 0 Å². The van der Waals surface area contributed by atoms with Crippen molar-refractivity contribution in [2.45, 2.75) is 31.6 Å². The van der Waals surface area contributed by atoms with Gasteiger partial charge in [-0.2, -0.15) is 5.26 Å². The highest BCUT2D eigenvalue weighted by molar-refractivity contribution is 5.68. The number of nitrogens with zero attached hydrogens (tertiary/aromatic N) is 3. The Bertz CT molecular complexity index is 823.